The molecule has 0 saturated heterocycles. The SMILES string of the molecule is CC.Cc1sc2cccc(C)c2c1C. The molecule has 0 radical (unpaired) electrons. The topological polar surface area (TPSA) is 0 Å². The summed E-state index contributed by atoms with van der Waals surface area (Å²) in [5.74, 6) is 0. The quantitative estimate of drug-likeness (QED) is 0.578. The van der Waals surface area contributed by atoms with E-state index >= 15 is 0 Å². The highest BCUT2D eigenvalue weighted by molar-refractivity contribution is 7.19. The van der Waals surface area contributed by atoms with Gasteiger partial charge in [0.15, 0.2) is 0 Å². The van der Waals surface area contributed by atoms with E-state index in [0.29, 0.717) is 0 Å². The van der Waals surface area contributed by atoms with E-state index in [1.54, 1.807) is 0 Å². The first-order valence-electron chi connectivity index (χ1n) is 5.15. The first-order valence-corrected chi connectivity index (χ1v) is 5.97. The second-order valence-electron chi connectivity index (χ2n) is 3.23. The highest BCUT2D eigenvalue weighted by Gasteiger charge is 2.05. The van der Waals surface area contributed by atoms with Gasteiger partial charge in [-0.05, 0) is 43.4 Å². The largest absolute Gasteiger partial charge is 0.140 e. The third kappa shape index (κ3) is 1.83. The van der Waals surface area contributed by atoms with Crippen molar-refractivity contribution in [2.75, 3.05) is 0 Å². The molecule has 0 fully saturated rings. The van der Waals surface area contributed by atoms with Crippen LogP contribution >= 0.6 is 11.3 Å². The number of thiophene rings is 1. The minimum Gasteiger partial charge on any atom is -0.140 e. The molecule has 76 valence electrons. The summed E-state index contributed by atoms with van der Waals surface area (Å²) in [7, 11) is 0. The highest BCUT2D eigenvalue weighted by Crippen LogP contribution is 2.31. The van der Waals surface area contributed by atoms with Crippen molar-refractivity contribution in [2.45, 2.75) is 34.6 Å². The second-order valence-corrected chi connectivity index (χ2v) is 4.49. The fourth-order valence-corrected chi connectivity index (χ4v) is 2.77. The number of benzene rings is 1. The van der Waals surface area contributed by atoms with Crippen molar-refractivity contribution in [1.82, 2.24) is 0 Å². The van der Waals surface area contributed by atoms with Crippen LogP contribution in [-0.2, 0) is 0 Å². The van der Waals surface area contributed by atoms with Crippen LogP contribution in [0, 0.1) is 20.8 Å². The lowest BCUT2D eigenvalue weighted by Gasteiger charge is -1.96. The molecule has 1 aromatic heterocycles. The van der Waals surface area contributed by atoms with Crippen molar-refractivity contribution in [3.63, 3.8) is 0 Å². The summed E-state index contributed by atoms with van der Waals surface area (Å²) in [6, 6.07) is 6.52. The Kier molecular flexibility index (Phi) is 3.70. The smallest absolute Gasteiger partial charge is 0.0350 e. The van der Waals surface area contributed by atoms with E-state index in [1.165, 1.54) is 26.1 Å². The Hall–Kier alpha value is -0.820. The molecule has 0 atom stereocenters. The van der Waals surface area contributed by atoms with E-state index in [2.05, 4.69) is 39.0 Å². The number of rotatable bonds is 0. The molecule has 0 spiro atoms. The maximum Gasteiger partial charge on any atom is 0.0350 e. The molecule has 0 nitrogen and oxygen atoms in total. The summed E-state index contributed by atoms with van der Waals surface area (Å²) in [5, 5.41) is 1.46. The zero-order chi connectivity index (χ0) is 10.7. The molecule has 1 aromatic carbocycles. The Labute approximate surface area is 90.6 Å². The Morgan fingerprint density at radius 3 is 2.21 bits per heavy atom. The molecular weight excluding hydrogens is 188 g/mol. The predicted molar refractivity (Wildman–Crippen MR) is 67.4 cm³/mol. The van der Waals surface area contributed by atoms with Crippen LogP contribution in [0.25, 0.3) is 10.1 Å². The average Bonchev–Trinajstić information content (AvgIpc) is 2.47. The van der Waals surface area contributed by atoms with Gasteiger partial charge in [0.25, 0.3) is 0 Å². The van der Waals surface area contributed by atoms with Gasteiger partial charge in [-0.1, -0.05) is 26.0 Å². The van der Waals surface area contributed by atoms with E-state index in [-0.39, 0.29) is 0 Å². The van der Waals surface area contributed by atoms with Crippen LogP contribution in [0.4, 0.5) is 0 Å². The van der Waals surface area contributed by atoms with Crippen LogP contribution in [-0.4, -0.2) is 0 Å². The predicted octanol–water partition coefficient (Wildman–Crippen LogP) is 4.85. The summed E-state index contributed by atoms with van der Waals surface area (Å²) in [6.07, 6.45) is 0. The zero-order valence-electron chi connectivity index (χ0n) is 9.64. The summed E-state index contributed by atoms with van der Waals surface area (Å²) in [4.78, 5) is 1.44. The highest BCUT2D eigenvalue weighted by atomic mass is 32.1. The Bertz CT molecular complexity index is 424. The van der Waals surface area contributed by atoms with Gasteiger partial charge >= 0.3 is 0 Å². The van der Waals surface area contributed by atoms with Gasteiger partial charge in [0.1, 0.15) is 0 Å². The third-order valence-corrected chi connectivity index (χ3v) is 3.57. The average molecular weight is 206 g/mol. The van der Waals surface area contributed by atoms with Gasteiger partial charge < -0.3 is 0 Å². The third-order valence-electron chi connectivity index (χ3n) is 2.40. The Morgan fingerprint density at radius 1 is 1.00 bits per heavy atom. The van der Waals surface area contributed by atoms with E-state index in [1.807, 2.05) is 25.2 Å². The normalized spacial score (nSPS) is 9.79. The molecule has 14 heavy (non-hydrogen) atoms. The van der Waals surface area contributed by atoms with Crippen molar-refractivity contribution >= 4 is 21.4 Å². The lowest BCUT2D eigenvalue weighted by atomic mass is 10.1. The van der Waals surface area contributed by atoms with Gasteiger partial charge in [0.2, 0.25) is 0 Å². The lowest BCUT2D eigenvalue weighted by molar-refractivity contribution is 1.44. The molecule has 2 rings (SSSR count). The minimum atomic E-state index is 1.40. The first-order chi connectivity index (χ1) is 6.70. The van der Waals surface area contributed by atoms with Gasteiger partial charge in [0.05, 0.1) is 0 Å². The van der Waals surface area contributed by atoms with E-state index < -0.39 is 0 Å². The van der Waals surface area contributed by atoms with Crippen LogP contribution < -0.4 is 0 Å². The standard InChI is InChI=1S/C11H12S.C2H6/c1-7-5-4-6-10-11(7)8(2)9(3)12-10;1-2/h4-6H,1-3H3;1-2H3. The van der Waals surface area contributed by atoms with Crippen LogP contribution in [0.5, 0.6) is 0 Å². The fourth-order valence-electron chi connectivity index (χ4n) is 1.62. The van der Waals surface area contributed by atoms with E-state index in [0.717, 1.165) is 0 Å². The summed E-state index contributed by atoms with van der Waals surface area (Å²) in [5.41, 5.74) is 2.85. The number of hydrogen-bond donors (Lipinski definition) is 0. The molecule has 0 amide bonds. The van der Waals surface area contributed by atoms with Gasteiger partial charge in [-0.3, -0.25) is 0 Å². The minimum absolute atomic E-state index is 1.40. The molecular formula is C13H18S. The maximum absolute atomic E-state index is 2.21. The van der Waals surface area contributed by atoms with E-state index in [4.69, 9.17) is 0 Å². The molecule has 0 aliphatic carbocycles. The molecule has 2 aromatic rings. The second kappa shape index (κ2) is 4.61. The van der Waals surface area contributed by atoms with E-state index in [9.17, 15) is 0 Å². The zero-order valence-corrected chi connectivity index (χ0v) is 10.5. The number of fused-ring (bicyclic) bond motifs is 1. The van der Waals surface area contributed by atoms with Crippen molar-refractivity contribution in [3.05, 3.63) is 34.2 Å². The molecule has 0 aliphatic heterocycles. The van der Waals surface area contributed by atoms with Gasteiger partial charge in [0, 0.05) is 9.58 Å². The molecule has 0 saturated carbocycles. The fraction of sp³-hybridized carbons (Fsp3) is 0.385. The van der Waals surface area contributed by atoms with Gasteiger partial charge in [-0.25, -0.2) is 0 Å². The van der Waals surface area contributed by atoms with Crippen molar-refractivity contribution in [3.8, 4) is 0 Å². The van der Waals surface area contributed by atoms with Crippen LogP contribution in [0.15, 0.2) is 18.2 Å². The lowest BCUT2D eigenvalue weighted by Crippen LogP contribution is -1.75. The molecule has 0 N–H and O–H groups in total. The molecule has 1 heterocycles. The Morgan fingerprint density at radius 2 is 1.64 bits per heavy atom. The summed E-state index contributed by atoms with van der Waals surface area (Å²) < 4.78 is 1.42. The van der Waals surface area contributed by atoms with Crippen LogP contribution in [0.3, 0.4) is 0 Å². The first kappa shape index (κ1) is 11.3. The van der Waals surface area contributed by atoms with Crippen molar-refractivity contribution in [2.24, 2.45) is 0 Å². The molecule has 0 bridgehead atoms. The monoisotopic (exact) mass is 206 g/mol. The van der Waals surface area contributed by atoms with Crippen molar-refractivity contribution < 1.29 is 0 Å². The number of hydrogen-bond acceptors (Lipinski definition) is 1. The van der Waals surface area contributed by atoms with Crippen LogP contribution in [0.2, 0.25) is 0 Å². The van der Waals surface area contributed by atoms with Crippen LogP contribution in [0.1, 0.15) is 29.9 Å². The summed E-state index contributed by atoms with van der Waals surface area (Å²) >= 11 is 1.89. The maximum atomic E-state index is 2.21. The van der Waals surface area contributed by atoms with Crippen molar-refractivity contribution in [1.29, 1.82) is 0 Å². The molecule has 0 unspecified atom stereocenters. The van der Waals surface area contributed by atoms with Gasteiger partial charge in [-0.2, -0.15) is 0 Å². The molecule has 1 heteroatoms. The number of aryl methyl sites for hydroxylation is 3. The molecule has 0 aliphatic rings. The summed E-state index contributed by atoms with van der Waals surface area (Å²) in [6.45, 7) is 10.6. The van der Waals surface area contributed by atoms with Gasteiger partial charge in [-0.15, -0.1) is 11.3 Å². The Balaban J connectivity index is 0.000000461.